The molecule has 22 heavy (non-hydrogen) atoms. The Bertz CT molecular complexity index is 821. The molecule has 0 saturated heterocycles. The van der Waals surface area contributed by atoms with Crippen LogP contribution in [0.5, 0.6) is 0 Å². The molecule has 0 unspecified atom stereocenters. The number of hydrogen-bond acceptors (Lipinski definition) is 4. The monoisotopic (exact) mass is 340 g/mol. The van der Waals surface area contributed by atoms with Crippen LogP contribution in [-0.4, -0.2) is 13.3 Å². The van der Waals surface area contributed by atoms with Crippen molar-refractivity contribution in [3.05, 3.63) is 68.7 Å². The zero-order valence-corrected chi connectivity index (χ0v) is 13.2. The Labute approximate surface area is 132 Å². The number of nitrogens with one attached hydrogen (secondary N) is 1. The first kappa shape index (κ1) is 16.3. The Hall–Kier alpha value is -2.12. The van der Waals surface area contributed by atoms with Crippen LogP contribution in [0.3, 0.4) is 0 Å². The first-order valence-electron chi connectivity index (χ1n) is 6.27. The number of aryl methyl sites for hydroxylation is 1. The Kier molecular flexibility index (Phi) is 4.68. The molecule has 0 aliphatic carbocycles. The maximum absolute atomic E-state index is 12.2. The van der Waals surface area contributed by atoms with Crippen LogP contribution in [0, 0.1) is 17.0 Å². The molecule has 0 fully saturated rings. The number of halogens is 1. The Balaban J connectivity index is 2.21. The molecule has 2 aromatic rings. The highest BCUT2D eigenvalue weighted by atomic mass is 35.5. The van der Waals surface area contributed by atoms with Gasteiger partial charge in [0.15, 0.2) is 0 Å². The molecule has 0 radical (unpaired) electrons. The molecule has 1 N–H and O–H groups in total. The zero-order chi connectivity index (χ0) is 16.3. The number of sulfonamides is 1. The van der Waals surface area contributed by atoms with Crippen LogP contribution in [0.1, 0.15) is 11.1 Å². The number of rotatable bonds is 5. The third-order valence-electron chi connectivity index (χ3n) is 2.93. The van der Waals surface area contributed by atoms with Gasteiger partial charge in [-0.05, 0) is 36.2 Å². The molecule has 2 rings (SSSR count). The molecule has 0 atom stereocenters. The van der Waals surface area contributed by atoms with Gasteiger partial charge in [0.05, 0.1) is 16.4 Å². The van der Waals surface area contributed by atoms with Crippen molar-refractivity contribution in [3.8, 4) is 0 Å². The fourth-order valence-electron chi connectivity index (χ4n) is 1.92. The highest BCUT2D eigenvalue weighted by Crippen LogP contribution is 2.22. The number of anilines is 1. The summed E-state index contributed by atoms with van der Waals surface area (Å²) in [6.07, 6.45) is 0. The van der Waals surface area contributed by atoms with Gasteiger partial charge in [-0.2, -0.15) is 0 Å². The van der Waals surface area contributed by atoms with E-state index in [0.29, 0.717) is 21.8 Å². The molecule has 0 heterocycles. The Morgan fingerprint density at radius 1 is 1.23 bits per heavy atom. The van der Waals surface area contributed by atoms with Crippen LogP contribution in [0.15, 0.2) is 42.5 Å². The molecular formula is C14H13ClN2O4S. The lowest BCUT2D eigenvalue weighted by molar-refractivity contribution is -0.384. The van der Waals surface area contributed by atoms with E-state index in [9.17, 15) is 18.5 Å². The summed E-state index contributed by atoms with van der Waals surface area (Å²) in [5.74, 6) is -0.350. The summed E-state index contributed by atoms with van der Waals surface area (Å²) in [6.45, 7) is 1.73. The van der Waals surface area contributed by atoms with E-state index in [1.165, 1.54) is 24.3 Å². The van der Waals surface area contributed by atoms with Gasteiger partial charge in [-0.25, -0.2) is 8.42 Å². The molecule has 6 nitrogen and oxygen atoms in total. The maximum Gasteiger partial charge on any atom is 0.269 e. The molecular weight excluding hydrogens is 328 g/mol. The van der Waals surface area contributed by atoms with E-state index in [0.717, 1.165) is 0 Å². The topological polar surface area (TPSA) is 89.3 Å². The maximum atomic E-state index is 12.2. The van der Waals surface area contributed by atoms with E-state index < -0.39 is 14.9 Å². The fourth-order valence-corrected chi connectivity index (χ4v) is 3.41. The first-order valence-corrected chi connectivity index (χ1v) is 8.30. The van der Waals surface area contributed by atoms with Crippen molar-refractivity contribution in [2.45, 2.75) is 12.7 Å². The van der Waals surface area contributed by atoms with Crippen molar-refractivity contribution >= 4 is 33.0 Å². The number of nitro groups is 1. The number of hydrogen-bond donors (Lipinski definition) is 1. The van der Waals surface area contributed by atoms with Gasteiger partial charge in [0.1, 0.15) is 0 Å². The molecule has 0 aromatic heterocycles. The van der Waals surface area contributed by atoms with Gasteiger partial charge in [-0.1, -0.05) is 23.7 Å². The lowest BCUT2D eigenvalue weighted by atomic mass is 10.2. The second kappa shape index (κ2) is 6.33. The Morgan fingerprint density at radius 2 is 1.95 bits per heavy atom. The summed E-state index contributed by atoms with van der Waals surface area (Å²) in [6, 6.07) is 10.3. The predicted molar refractivity (Wildman–Crippen MR) is 85.5 cm³/mol. The minimum Gasteiger partial charge on any atom is -0.283 e. The van der Waals surface area contributed by atoms with Gasteiger partial charge < -0.3 is 0 Å². The third-order valence-corrected chi connectivity index (χ3v) is 4.41. The van der Waals surface area contributed by atoms with Crippen LogP contribution in [-0.2, 0) is 15.8 Å². The normalized spacial score (nSPS) is 11.2. The summed E-state index contributed by atoms with van der Waals surface area (Å²) < 4.78 is 26.8. The van der Waals surface area contributed by atoms with Crippen LogP contribution in [0.25, 0.3) is 0 Å². The molecule has 0 bridgehead atoms. The standard InChI is InChI=1S/C14H13ClN2O4S/c1-10-7-12(15)5-6-14(10)16-22(20,21)9-11-3-2-4-13(8-11)17(18)19/h2-8,16H,9H2,1H3. The summed E-state index contributed by atoms with van der Waals surface area (Å²) in [5, 5.41) is 11.2. The number of nitrogens with zero attached hydrogens (tertiary/aromatic N) is 1. The van der Waals surface area contributed by atoms with Crippen molar-refractivity contribution in [3.63, 3.8) is 0 Å². The van der Waals surface area contributed by atoms with Gasteiger partial charge in [0.2, 0.25) is 10.0 Å². The number of benzene rings is 2. The lowest BCUT2D eigenvalue weighted by Gasteiger charge is -2.10. The van der Waals surface area contributed by atoms with Crippen LogP contribution in [0.4, 0.5) is 11.4 Å². The van der Waals surface area contributed by atoms with Gasteiger partial charge in [0.25, 0.3) is 5.69 Å². The second-order valence-corrected chi connectivity index (χ2v) is 6.91. The van der Waals surface area contributed by atoms with E-state index >= 15 is 0 Å². The average Bonchev–Trinajstić information content (AvgIpc) is 2.41. The molecule has 0 amide bonds. The SMILES string of the molecule is Cc1cc(Cl)ccc1NS(=O)(=O)Cc1cccc([N+](=O)[O-])c1. The molecule has 0 aliphatic rings. The first-order chi connectivity index (χ1) is 10.3. The minimum atomic E-state index is -3.68. The predicted octanol–water partition coefficient (Wildman–Crippen LogP) is 3.50. The number of non-ortho nitro benzene ring substituents is 1. The minimum absolute atomic E-state index is 0.143. The lowest BCUT2D eigenvalue weighted by Crippen LogP contribution is -2.15. The van der Waals surface area contributed by atoms with Crippen molar-refractivity contribution in [1.29, 1.82) is 0 Å². The van der Waals surface area contributed by atoms with Crippen molar-refractivity contribution in [2.75, 3.05) is 4.72 Å². The smallest absolute Gasteiger partial charge is 0.269 e. The molecule has 0 spiro atoms. The van der Waals surface area contributed by atoms with Crippen molar-refractivity contribution < 1.29 is 13.3 Å². The van der Waals surface area contributed by atoms with E-state index in [1.54, 1.807) is 25.1 Å². The van der Waals surface area contributed by atoms with Crippen molar-refractivity contribution in [1.82, 2.24) is 0 Å². The molecule has 116 valence electrons. The summed E-state index contributed by atoms with van der Waals surface area (Å²) in [7, 11) is -3.68. The van der Waals surface area contributed by atoms with Gasteiger partial charge in [-0.3, -0.25) is 14.8 Å². The van der Waals surface area contributed by atoms with Gasteiger partial charge in [-0.15, -0.1) is 0 Å². The number of nitro benzene ring substituents is 1. The summed E-state index contributed by atoms with van der Waals surface area (Å²) in [5.41, 5.74) is 1.31. The highest BCUT2D eigenvalue weighted by Gasteiger charge is 2.15. The van der Waals surface area contributed by atoms with Crippen LogP contribution < -0.4 is 4.72 Å². The van der Waals surface area contributed by atoms with Crippen LogP contribution >= 0.6 is 11.6 Å². The fraction of sp³-hybridized carbons (Fsp3) is 0.143. The van der Waals surface area contributed by atoms with Gasteiger partial charge >= 0.3 is 0 Å². The average molecular weight is 341 g/mol. The summed E-state index contributed by atoms with van der Waals surface area (Å²) >= 11 is 5.82. The van der Waals surface area contributed by atoms with Gasteiger partial charge in [0, 0.05) is 17.2 Å². The third kappa shape index (κ3) is 4.19. The summed E-state index contributed by atoms with van der Waals surface area (Å²) in [4.78, 5) is 10.2. The molecule has 0 aliphatic heterocycles. The van der Waals surface area contributed by atoms with E-state index in [1.807, 2.05) is 0 Å². The van der Waals surface area contributed by atoms with Crippen LogP contribution in [0.2, 0.25) is 5.02 Å². The zero-order valence-electron chi connectivity index (χ0n) is 11.6. The van der Waals surface area contributed by atoms with Crippen molar-refractivity contribution in [2.24, 2.45) is 0 Å². The van der Waals surface area contributed by atoms with E-state index in [4.69, 9.17) is 11.6 Å². The largest absolute Gasteiger partial charge is 0.283 e. The quantitative estimate of drug-likeness (QED) is 0.666. The molecule has 2 aromatic carbocycles. The Morgan fingerprint density at radius 3 is 2.59 bits per heavy atom. The molecule has 8 heteroatoms. The second-order valence-electron chi connectivity index (χ2n) is 4.75. The van der Waals surface area contributed by atoms with E-state index in [-0.39, 0.29) is 11.4 Å². The van der Waals surface area contributed by atoms with E-state index in [2.05, 4.69) is 4.72 Å². The molecule has 0 saturated carbocycles. The highest BCUT2D eigenvalue weighted by molar-refractivity contribution is 7.91.